The first-order valence-corrected chi connectivity index (χ1v) is 6.27. The number of pyridine rings is 1. The second kappa shape index (κ2) is 6.45. The second-order valence-electron chi connectivity index (χ2n) is 4.14. The van der Waals surface area contributed by atoms with Gasteiger partial charge in [0.2, 0.25) is 0 Å². The SMILES string of the molecule is O=C(NCC(O)c1ccc(F)cc1)c1ccnc(Cl)c1. The number of hydrogen-bond acceptors (Lipinski definition) is 3. The fourth-order valence-corrected chi connectivity index (χ4v) is 1.81. The molecule has 0 aliphatic carbocycles. The molecule has 0 spiro atoms. The Morgan fingerprint density at radius 1 is 1.35 bits per heavy atom. The Morgan fingerprint density at radius 2 is 2.05 bits per heavy atom. The van der Waals surface area contributed by atoms with Gasteiger partial charge in [-0.2, -0.15) is 0 Å². The van der Waals surface area contributed by atoms with Crippen molar-refractivity contribution < 1.29 is 14.3 Å². The number of carbonyl (C=O) groups is 1. The molecule has 1 heterocycles. The lowest BCUT2D eigenvalue weighted by molar-refractivity contribution is 0.0916. The molecule has 0 bridgehead atoms. The fourth-order valence-electron chi connectivity index (χ4n) is 1.64. The van der Waals surface area contributed by atoms with E-state index in [4.69, 9.17) is 11.6 Å². The van der Waals surface area contributed by atoms with Crippen molar-refractivity contribution in [1.29, 1.82) is 0 Å². The molecule has 0 aliphatic rings. The molecule has 0 radical (unpaired) electrons. The third-order valence-corrected chi connectivity index (χ3v) is 2.91. The van der Waals surface area contributed by atoms with Gasteiger partial charge in [-0.1, -0.05) is 23.7 Å². The number of rotatable bonds is 4. The van der Waals surface area contributed by atoms with E-state index in [9.17, 15) is 14.3 Å². The zero-order chi connectivity index (χ0) is 14.5. The normalized spacial score (nSPS) is 11.9. The number of hydrogen-bond donors (Lipinski definition) is 2. The van der Waals surface area contributed by atoms with E-state index in [-0.39, 0.29) is 23.4 Å². The van der Waals surface area contributed by atoms with Gasteiger partial charge in [0.25, 0.3) is 5.91 Å². The molecule has 1 unspecified atom stereocenters. The van der Waals surface area contributed by atoms with Crippen molar-refractivity contribution in [3.63, 3.8) is 0 Å². The molecule has 4 nitrogen and oxygen atoms in total. The Labute approximate surface area is 120 Å². The summed E-state index contributed by atoms with van der Waals surface area (Å²) in [6, 6.07) is 8.39. The molecular formula is C14H12ClFN2O2. The van der Waals surface area contributed by atoms with Crippen molar-refractivity contribution >= 4 is 17.5 Å². The number of nitrogens with one attached hydrogen (secondary N) is 1. The van der Waals surface area contributed by atoms with Gasteiger partial charge >= 0.3 is 0 Å². The van der Waals surface area contributed by atoms with E-state index in [1.54, 1.807) is 0 Å². The minimum absolute atomic E-state index is 0.0183. The smallest absolute Gasteiger partial charge is 0.251 e. The van der Waals surface area contributed by atoms with Crippen LogP contribution < -0.4 is 5.32 Å². The minimum Gasteiger partial charge on any atom is -0.387 e. The predicted octanol–water partition coefficient (Wildman–Crippen LogP) is 2.34. The van der Waals surface area contributed by atoms with Gasteiger partial charge in [-0.05, 0) is 29.8 Å². The third-order valence-electron chi connectivity index (χ3n) is 2.70. The first kappa shape index (κ1) is 14.4. The van der Waals surface area contributed by atoms with E-state index < -0.39 is 6.10 Å². The van der Waals surface area contributed by atoms with Gasteiger partial charge in [-0.3, -0.25) is 4.79 Å². The first-order valence-electron chi connectivity index (χ1n) is 5.89. The molecule has 2 aromatic rings. The molecule has 0 saturated carbocycles. The zero-order valence-electron chi connectivity index (χ0n) is 10.4. The standard InChI is InChI=1S/C14H12ClFN2O2/c15-13-7-10(5-6-17-13)14(20)18-8-12(19)9-1-3-11(16)4-2-9/h1-7,12,19H,8H2,(H,18,20). The lowest BCUT2D eigenvalue weighted by Gasteiger charge is -2.12. The van der Waals surface area contributed by atoms with Crippen molar-refractivity contribution in [2.75, 3.05) is 6.54 Å². The maximum atomic E-state index is 12.8. The van der Waals surface area contributed by atoms with Crippen LogP contribution in [0.5, 0.6) is 0 Å². The number of carbonyl (C=O) groups excluding carboxylic acids is 1. The number of amides is 1. The molecule has 20 heavy (non-hydrogen) atoms. The number of benzene rings is 1. The van der Waals surface area contributed by atoms with Crippen LogP contribution in [0.4, 0.5) is 4.39 Å². The monoisotopic (exact) mass is 294 g/mol. The van der Waals surface area contributed by atoms with Crippen LogP contribution >= 0.6 is 11.6 Å². The van der Waals surface area contributed by atoms with E-state index in [1.165, 1.54) is 42.6 Å². The van der Waals surface area contributed by atoms with Gasteiger partial charge in [0.1, 0.15) is 11.0 Å². The van der Waals surface area contributed by atoms with Crippen molar-refractivity contribution in [2.24, 2.45) is 0 Å². The van der Waals surface area contributed by atoms with Gasteiger partial charge in [0.15, 0.2) is 0 Å². The highest BCUT2D eigenvalue weighted by Crippen LogP contribution is 2.13. The molecular weight excluding hydrogens is 283 g/mol. The summed E-state index contributed by atoms with van der Waals surface area (Å²) < 4.78 is 12.8. The molecule has 0 fully saturated rings. The third kappa shape index (κ3) is 3.76. The Balaban J connectivity index is 1.94. The van der Waals surface area contributed by atoms with Crippen molar-refractivity contribution in [3.8, 4) is 0 Å². The average molecular weight is 295 g/mol. The quantitative estimate of drug-likeness (QED) is 0.851. The van der Waals surface area contributed by atoms with Gasteiger partial charge < -0.3 is 10.4 Å². The van der Waals surface area contributed by atoms with Crippen LogP contribution in [0.2, 0.25) is 5.15 Å². The van der Waals surface area contributed by atoms with Crippen LogP contribution in [0, 0.1) is 5.82 Å². The molecule has 2 N–H and O–H groups in total. The van der Waals surface area contributed by atoms with Crippen LogP contribution in [0.15, 0.2) is 42.6 Å². The summed E-state index contributed by atoms with van der Waals surface area (Å²) in [6.07, 6.45) is 0.519. The highest BCUT2D eigenvalue weighted by Gasteiger charge is 2.11. The summed E-state index contributed by atoms with van der Waals surface area (Å²) in [5.41, 5.74) is 0.885. The van der Waals surface area contributed by atoms with Crippen LogP contribution in [-0.2, 0) is 0 Å². The highest BCUT2D eigenvalue weighted by molar-refractivity contribution is 6.29. The van der Waals surface area contributed by atoms with E-state index in [2.05, 4.69) is 10.3 Å². The fraction of sp³-hybridized carbons (Fsp3) is 0.143. The summed E-state index contributed by atoms with van der Waals surface area (Å²) in [7, 11) is 0. The maximum Gasteiger partial charge on any atom is 0.251 e. The van der Waals surface area contributed by atoms with Crippen LogP contribution in [0.25, 0.3) is 0 Å². The van der Waals surface area contributed by atoms with Crippen LogP contribution in [0.3, 0.4) is 0 Å². The van der Waals surface area contributed by atoms with Crippen molar-refractivity contribution in [1.82, 2.24) is 10.3 Å². The number of aliphatic hydroxyl groups excluding tert-OH is 1. The summed E-state index contributed by atoms with van der Waals surface area (Å²) >= 11 is 5.69. The summed E-state index contributed by atoms with van der Waals surface area (Å²) in [5.74, 6) is -0.744. The zero-order valence-corrected chi connectivity index (χ0v) is 11.1. The van der Waals surface area contributed by atoms with Gasteiger partial charge in [0, 0.05) is 18.3 Å². The van der Waals surface area contributed by atoms with E-state index >= 15 is 0 Å². The topological polar surface area (TPSA) is 62.2 Å². The summed E-state index contributed by atoms with van der Waals surface area (Å²) in [4.78, 5) is 15.6. The number of aliphatic hydroxyl groups is 1. The molecule has 2 rings (SSSR count). The van der Waals surface area contributed by atoms with Gasteiger partial charge in [-0.25, -0.2) is 9.37 Å². The number of aromatic nitrogens is 1. The lowest BCUT2D eigenvalue weighted by Crippen LogP contribution is -2.28. The van der Waals surface area contributed by atoms with Crippen LogP contribution in [-0.4, -0.2) is 22.5 Å². The van der Waals surface area contributed by atoms with Crippen LogP contribution in [0.1, 0.15) is 22.0 Å². The minimum atomic E-state index is -0.906. The Bertz CT molecular complexity index is 604. The molecule has 1 aromatic heterocycles. The predicted molar refractivity (Wildman–Crippen MR) is 72.9 cm³/mol. The molecule has 1 aromatic carbocycles. The Kier molecular flexibility index (Phi) is 4.65. The van der Waals surface area contributed by atoms with Gasteiger partial charge in [0.05, 0.1) is 6.10 Å². The number of nitrogens with zero attached hydrogens (tertiary/aromatic N) is 1. The largest absolute Gasteiger partial charge is 0.387 e. The second-order valence-corrected chi connectivity index (χ2v) is 4.53. The summed E-state index contributed by atoms with van der Waals surface area (Å²) in [5, 5.41) is 12.7. The molecule has 6 heteroatoms. The lowest BCUT2D eigenvalue weighted by atomic mass is 10.1. The summed E-state index contributed by atoms with van der Waals surface area (Å²) in [6.45, 7) is 0.0183. The van der Waals surface area contributed by atoms with Crippen molar-refractivity contribution in [3.05, 3.63) is 64.7 Å². The van der Waals surface area contributed by atoms with E-state index in [0.717, 1.165) is 0 Å². The van der Waals surface area contributed by atoms with Crippen molar-refractivity contribution in [2.45, 2.75) is 6.10 Å². The number of halogens is 2. The van der Waals surface area contributed by atoms with E-state index in [0.29, 0.717) is 11.1 Å². The molecule has 1 amide bonds. The Hall–Kier alpha value is -1.98. The molecule has 1 atom stereocenters. The maximum absolute atomic E-state index is 12.8. The highest BCUT2D eigenvalue weighted by atomic mass is 35.5. The van der Waals surface area contributed by atoms with Gasteiger partial charge in [-0.15, -0.1) is 0 Å². The average Bonchev–Trinajstić information content (AvgIpc) is 2.45. The molecule has 0 saturated heterocycles. The van der Waals surface area contributed by atoms with E-state index in [1.807, 2.05) is 0 Å². The first-order chi connectivity index (χ1) is 9.56. The molecule has 0 aliphatic heterocycles. The Morgan fingerprint density at radius 3 is 2.70 bits per heavy atom. The molecule has 104 valence electrons.